The van der Waals surface area contributed by atoms with Gasteiger partial charge in [-0.2, -0.15) is 5.26 Å². The molecule has 0 spiro atoms. The highest BCUT2D eigenvalue weighted by molar-refractivity contribution is 5.68. The summed E-state index contributed by atoms with van der Waals surface area (Å²) in [7, 11) is 0. The van der Waals surface area contributed by atoms with Gasteiger partial charge in [-0.05, 0) is 6.08 Å². The fourth-order valence-corrected chi connectivity index (χ4v) is 1.18. The third kappa shape index (κ3) is 1.94. The molecule has 0 aromatic heterocycles. The maximum atomic E-state index is 13.6. The Hall–Kier alpha value is -1.63. The first-order valence-corrected chi connectivity index (χ1v) is 3.76. The number of allylic oxidation sites excluding steroid dienone is 4. The highest BCUT2D eigenvalue weighted by atomic mass is 19.1. The Bertz CT molecular complexity index is 316. The van der Waals surface area contributed by atoms with Crippen molar-refractivity contribution < 1.29 is 14.3 Å². The largest absolute Gasteiger partial charge is 0.481 e. The molecule has 0 fully saturated rings. The lowest BCUT2D eigenvalue weighted by Crippen LogP contribution is -2.31. The zero-order chi connectivity index (χ0) is 9.90. The minimum Gasteiger partial charge on any atom is -0.481 e. The van der Waals surface area contributed by atoms with Gasteiger partial charge in [-0.3, -0.25) is 4.79 Å². The van der Waals surface area contributed by atoms with E-state index in [1.165, 1.54) is 18.2 Å². The van der Waals surface area contributed by atoms with E-state index in [9.17, 15) is 9.18 Å². The number of rotatable bonds is 2. The van der Waals surface area contributed by atoms with Crippen LogP contribution in [-0.4, -0.2) is 16.7 Å². The van der Waals surface area contributed by atoms with Gasteiger partial charge in [0.15, 0.2) is 0 Å². The molecule has 0 aromatic rings. The number of carboxylic acid groups (broad SMARTS) is 1. The number of aliphatic carboxylic acids is 1. The van der Waals surface area contributed by atoms with Crippen LogP contribution in [0.25, 0.3) is 0 Å². The molecule has 0 aromatic carbocycles. The van der Waals surface area contributed by atoms with E-state index < -0.39 is 17.6 Å². The number of carboxylic acids is 1. The number of carbonyl (C=O) groups is 1. The monoisotopic (exact) mass is 181 g/mol. The van der Waals surface area contributed by atoms with Gasteiger partial charge in [0.25, 0.3) is 0 Å². The highest BCUT2D eigenvalue weighted by Crippen LogP contribution is 2.30. The van der Waals surface area contributed by atoms with E-state index in [2.05, 4.69) is 0 Å². The molecule has 4 heteroatoms. The Morgan fingerprint density at radius 2 is 2.38 bits per heavy atom. The van der Waals surface area contributed by atoms with Crippen LogP contribution in [0.1, 0.15) is 6.42 Å². The van der Waals surface area contributed by atoms with Crippen LogP contribution in [0, 0.1) is 17.2 Å². The van der Waals surface area contributed by atoms with Crippen LogP contribution in [0.4, 0.5) is 4.39 Å². The third-order valence-corrected chi connectivity index (χ3v) is 1.90. The molecule has 1 N–H and O–H groups in total. The number of nitriles is 1. The number of halogens is 1. The normalized spacial score (nSPS) is 31.2. The zero-order valence-electron chi connectivity index (χ0n) is 6.77. The molecule has 0 radical (unpaired) electrons. The van der Waals surface area contributed by atoms with Gasteiger partial charge in [-0.15, -0.1) is 0 Å². The van der Waals surface area contributed by atoms with Crippen LogP contribution in [-0.2, 0) is 4.79 Å². The average Bonchev–Trinajstić information content (AvgIpc) is 2.09. The summed E-state index contributed by atoms with van der Waals surface area (Å²) >= 11 is 0. The lowest BCUT2D eigenvalue weighted by atomic mass is 9.84. The van der Waals surface area contributed by atoms with E-state index >= 15 is 0 Å². The quantitative estimate of drug-likeness (QED) is 0.701. The van der Waals surface area contributed by atoms with Crippen molar-refractivity contribution in [2.24, 2.45) is 5.92 Å². The van der Waals surface area contributed by atoms with Gasteiger partial charge in [0.2, 0.25) is 5.67 Å². The Labute approximate surface area is 74.8 Å². The Balaban J connectivity index is 2.84. The summed E-state index contributed by atoms with van der Waals surface area (Å²) in [6, 6.07) is 1.47. The van der Waals surface area contributed by atoms with Gasteiger partial charge in [0, 0.05) is 5.92 Å². The molecular weight excluding hydrogens is 173 g/mol. The molecular formula is C9H8FNO2. The molecule has 0 bridgehead atoms. The van der Waals surface area contributed by atoms with Crippen molar-refractivity contribution in [2.75, 3.05) is 0 Å². The molecule has 1 rings (SSSR count). The Kier molecular flexibility index (Phi) is 2.47. The first-order chi connectivity index (χ1) is 6.08. The molecule has 0 saturated carbocycles. The highest BCUT2D eigenvalue weighted by Gasteiger charge is 2.37. The SMILES string of the molecule is N#CC1(F)C=CC=C[C@@H]1CC(=O)O. The van der Waals surface area contributed by atoms with E-state index in [1.54, 1.807) is 6.08 Å². The fourth-order valence-electron chi connectivity index (χ4n) is 1.18. The lowest BCUT2D eigenvalue weighted by molar-refractivity contribution is -0.138. The van der Waals surface area contributed by atoms with Crippen LogP contribution in [0.15, 0.2) is 24.3 Å². The smallest absolute Gasteiger partial charge is 0.304 e. The Morgan fingerprint density at radius 1 is 1.69 bits per heavy atom. The van der Waals surface area contributed by atoms with Crippen LogP contribution in [0.3, 0.4) is 0 Å². The summed E-state index contributed by atoms with van der Waals surface area (Å²) in [4.78, 5) is 10.3. The summed E-state index contributed by atoms with van der Waals surface area (Å²) in [6.45, 7) is 0. The molecule has 1 aliphatic rings. The van der Waals surface area contributed by atoms with E-state index in [0.717, 1.165) is 6.08 Å². The van der Waals surface area contributed by atoms with Gasteiger partial charge in [-0.1, -0.05) is 18.2 Å². The van der Waals surface area contributed by atoms with Crippen LogP contribution in [0.5, 0.6) is 0 Å². The first-order valence-electron chi connectivity index (χ1n) is 3.76. The molecule has 2 atom stereocenters. The molecule has 68 valence electrons. The minimum atomic E-state index is -2.17. The van der Waals surface area contributed by atoms with Crippen molar-refractivity contribution in [1.82, 2.24) is 0 Å². The molecule has 1 unspecified atom stereocenters. The summed E-state index contributed by atoms with van der Waals surface area (Å²) in [5, 5.41) is 17.0. The second-order valence-corrected chi connectivity index (χ2v) is 2.83. The van der Waals surface area contributed by atoms with Crippen LogP contribution >= 0.6 is 0 Å². The van der Waals surface area contributed by atoms with E-state index in [-0.39, 0.29) is 6.42 Å². The van der Waals surface area contributed by atoms with Gasteiger partial charge in [0.05, 0.1) is 6.42 Å². The van der Waals surface area contributed by atoms with E-state index in [0.29, 0.717) is 0 Å². The third-order valence-electron chi connectivity index (χ3n) is 1.90. The van der Waals surface area contributed by atoms with Crippen molar-refractivity contribution in [1.29, 1.82) is 5.26 Å². The van der Waals surface area contributed by atoms with Gasteiger partial charge in [-0.25, -0.2) is 4.39 Å². The average molecular weight is 181 g/mol. The van der Waals surface area contributed by atoms with E-state index in [4.69, 9.17) is 10.4 Å². The second kappa shape index (κ2) is 3.40. The molecule has 0 aliphatic heterocycles. The molecule has 3 nitrogen and oxygen atoms in total. The summed E-state index contributed by atoms with van der Waals surface area (Å²) in [5.74, 6) is -2.00. The number of hydrogen-bond acceptors (Lipinski definition) is 2. The summed E-state index contributed by atoms with van der Waals surface area (Å²) in [6.07, 6.45) is 5.06. The molecule has 0 saturated heterocycles. The van der Waals surface area contributed by atoms with Crippen molar-refractivity contribution in [3.05, 3.63) is 24.3 Å². The summed E-state index contributed by atoms with van der Waals surface area (Å²) < 4.78 is 13.6. The molecule has 0 heterocycles. The maximum Gasteiger partial charge on any atom is 0.304 e. The van der Waals surface area contributed by atoms with Crippen molar-refractivity contribution in [2.45, 2.75) is 12.1 Å². The Morgan fingerprint density at radius 3 is 2.92 bits per heavy atom. The van der Waals surface area contributed by atoms with Gasteiger partial charge >= 0.3 is 5.97 Å². The zero-order valence-corrected chi connectivity index (χ0v) is 6.77. The van der Waals surface area contributed by atoms with Crippen molar-refractivity contribution in [3.8, 4) is 6.07 Å². The predicted octanol–water partition coefficient (Wildman–Crippen LogP) is 1.44. The molecule has 1 aliphatic carbocycles. The lowest BCUT2D eigenvalue weighted by Gasteiger charge is -2.22. The number of hydrogen-bond donors (Lipinski definition) is 1. The van der Waals surface area contributed by atoms with Crippen LogP contribution < -0.4 is 0 Å². The van der Waals surface area contributed by atoms with Crippen molar-refractivity contribution in [3.63, 3.8) is 0 Å². The first kappa shape index (κ1) is 9.46. The second-order valence-electron chi connectivity index (χ2n) is 2.83. The standard InChI is InChI=1S/C9H8FNO2/c10-9(6-11)4-2-1-3-7(9)5-8(12)13/h1-4,7H,5H2,(H,12,13)/t7-,9?/m1/s1. The molecule has 0 amide bonds. The van der Waals surface area contributed by atoms with Crippen molar-refractivity contribution >= 4 is 5.97 Å². The fraction of sp³-hybridized carbons (Fsp3) is 0.333. The number of nitrogens with zero attached hydrogens (tertiary/aromatic N) is 1. The van der Waals surface area contributed by atoms with Gasteiger partial charge in [0.1, 0.15) is 6.07 Å². The van der Waals surface area contributed by atoms with Crippen LogP contribution in [0.2, 0.25) is 0 Å². The number of alkyl halides is 1. The summed E-state index contributed by atoms with van der Waals surface area (Å²) in [5.41, 5.74) is -2.17. The maximum absolute atomic E-state index is 13.6. The molecule has 13 heavy (non-hydrogen) atoms. The minimum absolute atomic E-state index is 0.370. The predicted molar refractivity (Wildman–Crippen MR) is 43.5 cm³/mol. The van der Waals surface area contributed by atoms with E-state index in [1.807, 2.05) is 0 Å². The topological polar surface area (TPSA) is 61.1 Å². The van der Waals surface area contributed by atoms with Gasteiger partial charge < -0.3 is 5.11 Å².